The molecule has 22 heavy (non-hydrogen) atoms. The van der Waals surface area contributed by atoms with Crippen LogP contribution in [-0.2, 0) is 0 Å². The largest absolute Gasteiger partial charge is 0.508 e. The summed E-state index contributed by atoms with van der Waals surface area (Å²) < 4.78 is 16.4. The molecule has 0 spiro atoms. The molecule has 0 saturated heterocycles. The standard InChI is InChI=1S/C17H12BrFN2O/c18-11-6-14-13(7-12(11)19)20-17-10-5-9(10)16(21(14)17)8-3-1-2-4-15(8)22/h1-4,6-7,9-10,16,22H,5H2. The summed E-state index contributed by atoms with van der Waals surface area (Å²) in [7, 11) is 0. The summed E-state index contributed by atoms with van der Waals surface area (Å²) in [5.74, 6) is 1.96. The Labute approximate surface area is 134 Å². The van der Waals surface area contributed by atoms with E-state index in [4.69, 9.17) is 0 Å². The molecule has 1 aliphatic heterocycles. The Balaban J connectivity index is 1.79. The van der Waals surface area contributed by atoms with Gasteiger partial charge in [-0.1, -0.05) is 18.2 Å². The first-order chi connectivity index (χ1) is 10.6. The third-order valence-electron chi connectivity index (χ3n) is 4.87. The van der Waals surface area contributed by atoms with E-state index in [1.54, 1.807) is 12.1 Å². The number of para-hydroxylation sites is 1. The number of halogens is 2. The van der Waals surface area contributed by atoms with E-state index in [-0.39, 0.29) is 11.9 Å². The minimum absolute atomic E-state index is 0.0866. The molecule has 5 heteroatoms. The normalized spacial score (nSPS) is 25.3. The van der Waals surface area contributed by atoms with Gasteiger partial charge >= 0.3 is 0 Å². The van der Waals surface area contributed by atoms with Gasteiger partial charge in [-0.05, 0) is 40.4 Å². The van der Waals surface area contributed by atoms with Gasteiger partial charge in [0.25, 0.3) is 0 Å². The lowest BCUT2D eigenvalue weighted by Crippen LogP contribution is -2.10. The zero-order chi connectivity index (χ0) is 15.0. The highest BCUT2D eigenvalue weighted by Crippen LogP contribution is 2.62. The quantitative estimate of drug-likeness (QED) is 0.702. The van der Waals surface area contributed by atoms with Crippen LogP contribution >= 0.6 is 15.9 Å². The van der Waals surface area contributed by atoms with Gasteiger partial charge in [0.2, 0.25) is 0 Å². The monoisotopic (exact) mass is 358 g/mol. The van der Waals surface area contributed by atoms with Crippen molar-refractivity contribution in [2.45, 2.75) is 18.4 Å². The molecular formula is C17H12BrFN2O. The van der Waals surface area contributed by atoms with E-state index in [0.29, 0.717) is 27.6 Å². The molecule has 110 valence electrons. The number of hydrogen-bond acceptors (Lipinski definition) is 2. The van der Waals surface area contributed by atoms with Crippen LogP contribution in [0.2, 0.25) is 0 Å². The molecule has 0 bridgehead atoms. The van der Waals surface area contributed by atoms with Crippen LogP contribution in [0.15, 0.2) is 40.9 Å². The third kappa shape index (κ3) is 1.52. The van der Waals surface area contributed by atoms with Crippen molar-refractivity contribution in [2.75, 3.05) is 0 Å². The van der Waals surface area contributed by atoms with Crippen molar-refractivity contribution in [3.8, 4) is 5.75 Å². The Morgan fingerprint density at radius 1 is 1.27 bits per heavy atom. The number of fused-ring (bicyclic) bond motifs is 5. The molecule has 3 aromatic rings. The van der Waals surface area contributed by atoms with Crippen LogP contribution in [0.4, 0.5) is 4.39 Å². The van der Waals surface area contributed by atoms with Gasteiger partial charge in [-0.15, -0.1) is 0 Å². The number of rotatable bonds is 1. The van der Waals surface area contributed by atoms with Crippen molar-refractivity contribution in [1.29, 1.82) is 0 Å². The van der Waals surface area contributed by atoms with E-state index in [9.17, 15) is 9.50 Å². The zero-order valence-electron chi connectivity index (χ0n) is 11.5. The summed E-state index contributed by atoms with van der Waals surface area (Å²) >= 11 is 3.26. The van der Waals surface area contributed by atoms with Crippen LogP contribution in [-0.4, -0.2) is 14.7 Å². The molecule has 3 nitrogen and oxygen atoms in total. The number of benzene rings is 2. The minimum Gasteiger partial charge on any atom is -0.508 e. The Kier molecular flexibility index (Phi) is 2.36. The van der Waals surface area contributed by atoms with Crippen LogP contribution in [0.25, 0.3) is 11.0 Å². The molecule has 1 aliphatic carbocycles. The lowest BCUT2D eigenvalue weighted by molar-refractivity contribution is 0.448. The highest BCUT2D eigenvalue weighted by atomic mass is 79.9. The fourth-order valence-corrected chi connectivity index (χ4v) is 4.15. The van der Waals surface area contributed by atoms with Crippen LogP contribution in [0, 0.1) is 11.7 Å². The van der Waals surface area contributed by atoms with Crippen LogP contribution in [0.3, 0.4) is 0 Å². The van der Waals surface area contributed by atoms with Gasteiger partial charge in [0, 0.05) is 17.5 Å². The number of imidazole rings is 1. The van der Waals surface area contributed by atoms with Crippen LogP contribution in [0.5, 0.6) is 5.75 Å². The Hall–Kier alpha value is -1.88. The predicted molar refractivity (Wildman–Crippen MR) is 84.5 cm³/mol. The minimum atomic E-state index is -0.296. The lowest BCUT2D eigenvalue weighted by Gasteiger charge is -2.19. The number of aromatic hydroxyl groups is 1. The number of hydrogen-bond donors (Lipinski definition) is 1. The number of phenols is 1. The van der Waals surface area contributed by atoms with Gasteiger partial charge in [-0.3, -0.25) is 0 Å². The molecule has 0 radical (unpaired) electrons. The van der Waals surface area contributed by atoms with Crippen molar-refractivity contribution in [1.82, 2.24) is 9.55 Å². The second-order valence-electron chi connectivity index (χ2n) is 6.10. The molecule has 1 aromatic heterocycles. The first-order valence-corrected chi connectivity index (χ1v) is 8.09. The van der Waals surface area contributed by atoms with Gasteiger partial charge in [-0.25, -0.2) is 9.37 Å². The molecule has 2 aromatic carbocycles. The second-order valence-corrected chi connectivity index (χ2v) is 6.96. The van der Waals surface area contributed by atoms with Gasteiger partial charge in [0.1, 0.15) is 17.4 Å². The summed E-state index contributed by atoms with van der Waals surface area (Å²) in [5.41, 5.74) is 2.53. The lowest BCUT2D eigenvalue weighted by atomic mass is 10.0. The highest BCUT2D eigenvalue weighted by Gasteiger charge is 2.55. The van der Waals surface area contributed by atoms with Crippen molar-refractivity contribution >= 4 is 27.0 Å². The van der Waals surface area contributed by atoms with E-state index in [2.05, 4.69) is 25.5 Å². The molecule has 0 amide bonds. The summed E-state index contributed by atoms with van der Waals surface area (Å²) in [6, 6.07) is 10.8. The van der Waals surface area contributed by atoms with Crippen molar-refractivity contribution in [3.63, 3.8) is 0 Å². The maximum atomic E-state index is 13.8. The highest BCUT2D eigenvalue weighted by molar-refractivity contribution is 9.10. The molecule has 1 saturated carbocycles. The number of aromatic nitrogens is 2. The Morgan fingerprint density at radius 2 is 2.09 bits per heavy atom. The van der Waals surface area contributed by atoms with E-state index >= 15 is 0 Å². The average Bonchev–Trinajstić information content (AvgIpc) is 3.11. The number of nitrogens with zero attached hydrogens (tertiary/aromatic N) is 2. The van der Waals surface area contributed by atoms with Crippen molar-refractivity contribution in [2.24, 2.45) is 5.92 Å². The fourth-order valence-electron chi connectivity index (χ4n) is 3.82. The van der Waals surface area contributed by atoms with E-state index in [1.165, 1.54) is 6.07 Å². The molecule has 3 atom stereocenters. The molecule has 3 unspecified atom stereocenters. The summed E-state index contributed by atoms with van der Waals surface area (Å²) in [6.07, 6.45) is 1.09. The number of phenolic OH excluding ortho intramolecular Hbond substituents is 1. The summed E-state index contributed by atoms with van der Waals surface area (Å²) in [5, 5.41) is 10.2. The van der Waals surface area contributed by atoms with Crippen molar-refractivity contribution < 1.29 is 9.50 Å². The zero-order valence-corrected chi connectivity index (χ0v) is 13.1. The Morgan fingerprint density at radius 3 is 2.91 bits per heavy atom. The van der Waals surface area contributed by atoms with E-state index in [1.807, 2.05) is 18.2 Å². The first-order valence-electron chi connectivity index (χ1n) is 7.30. The van der Waals surface area contributed by atoms with E-state index < -0.39 is 0 Å². The average molecular weight is 359 g/mol. The van der Waals surface area contributed by atoms with E-state index in [0.717, 1.165) is 23.3 Å². The second kappa shape index (κ2) is 4.10. The summed E-state index contributed by atoms with van der Waals surface area (Å²) in [6.45, 7) is 0. The topological polar surface area (TPSA) is 38.1 Å². The smallest absolute Gasteiger partial charge is 0.139 e. The molecule has 5 rings (SSSR count). The molecule has 1 fully saturated rings. The molecule has 1 N–H and O–H groups in total. The molecular weight excluding hydrogens is 347 g/mol. The third-order valence-corrected chi connectivity index (χ3v) is 5.48. The fraction of sp³-hybridized carbons (Fsp3) is 0.235. The van der Waals surface area contributed by atoms with Gasteiger partial charge in [0.15, 0.2) is 0 Å². The van der Waals surface area contributed by atoms with Crippen molar-refractivity contribution in [3.05, 3.63) is 58.1 Å². The maximum Gasteiger partial charge on any atom is 0.139 e. The predicted octanol–water partition coefficient (Wildman–Crippen LogP) is 4.35. The van der Waals surface area contributed by atoms with Crippen LogP contribution in [0.1, 0.15) is 29.8 Å². The summed E-state index contributed by atoms with van der Waals surface area (Å²) in [4.78, 5) is 4.64. The molecule has 2 aliphatic rings. The SMILES string of the molecule is Oc1ccccc1C1C2CC2c2nc3cc(F)c(Br)cc3n21. The van der Waals surface area contributed by atoms with Crippen LogP contribution < -0.4 is 0 Å². The Bertz CT molecular complexity index is 936. The maximum absolute atomic E-state index is 13.8. The van der Waals surface area contributed by atoms with Gasteiger partial charge in [-0.2, -0.15) is 0 Å². The molecule has 2 heterocycles. The van der Waals surface area contributed by atoms with Gasteiger partial charge in [0.05, 0.1) is 21.5 Å². The first kappa shape index (κ1) is 12.6. The van der Waals surface area contributed by atoms with Gasteiger partial charge < -0.3 is 9.67 Å².